The highest BCUT2D eigenvalue weighted by molar-refractivity contribution is 7.73. The van der Waals surface area contributed by atoms with E-state index in [-0.39, 0.29) is 23.8 Å². The van der Waals surface area contributed by atoms with Gasteiger partial charge in [-0.1, -0.05) is 39.5 Å². The molecule has 2 rings (SSSR count). The average Bonchev–Trinajstić information content (AvgIpc) is 3.15. The summed E-state index contributed by atoms with van der Waals surface area (Å²) in [6.45, 7) is 15.8. The second-order valence-electron chi connectivity index (χ2n) is 7.83. The maximum atomic E-state index is 12.5. The Morgan fingerprint density at radius 2 is 2.23 bits per heavy atom. The third-order valence-electron chi connectivity index (χ3n) is 5.04. The summed E-state index contributed by atoms with van der Waals surface area (Å²) in [7, 11) is -1.94. The van der Waals surface area contributed by atoms with E-state index in [9.17, 15) is 4.79 Å². The molecule has 26 heavy (non-hydrogen) atoms. The van der Waals surface area contributed by atoms with Gasteiger partial charge in [0, 0.05) is 11.9 Å². The number of rotatable bonds is 6. The molecular weight excluding hydrogens is 384 g/mol. The summed E-state index contributed by atoms with van der Waals surface area (Å²) < 4.78 is 12.4. The first-order valence-corrected chi connectivity index (χ1v) is 12.8. The van der Waals surface area contributed by atoms with Gasteiger partial charge < -0.3 is 14.1 Å². The molecule has 1 aromatic rings. The Morgan fingerprint density at radius 1 is 1.54 bits per heavy atom. The molecule has 144 valence electrons. The van der Waals surface area contributed by atoms with Gasteiger partial charge in [-0.15, -0.1) is 11.3 Å². The molecule has 1 aliphatic heterocycles. The number of aromatic amines is 1. The van der Waals surface area contributed by atoms with Crippen LogP contribution in [0.3, 0.4) is 0 Å². The molecule has 0 saturated heterocycles. The van der Waals surface area contributed by atoms with E-state index in [2.05, 4.69) is 45.4 Å². The molecule has 1 aromatic heterocycles. The summed E-state index contributed by atoms with van der Waals surface area (Å²) in [5.74, 6) is 0. The summed E-state index contributed by atoms with van der Waals surface area (Å²) in [5, 5.41) is 2.10. The zero-order valence-electron chi connectivity index (χ0n) is 16.1. The van der Waals surface area contributed by atoms with E-state index in [4.69, 9.17) is 21.4 Å². The molecule has 2 heterocycles. The molecular formula is C18H28N2O3S2Si. The van der Waals surface area contributed by atoms with Crippen molar-refractivity contribution in [2.75, 3.05) is 19.8 Å². The van der Waals surface area contributed by atoms with Crippen molar-refractivity contribution in [1.82, 2.24) is 9.88 Å². The number of ether oxygens (including phenoxy) is 1. The van der Waals surface area contributed by atoms with Gasteiger partial charge in [0.2, 0.25) is 0 Å². The Bertz CT molecular complexity index is 746. The van der Waals surface area contributed by atoms with E-state index in [0.717, 1.165) is 15.2 Å². The Hall–Kier alpha value is -1.22. The summed E-state index contributed by atoms with van der Waals surface area (Å²) in [6, 6.07) is -0.193. The van der Waals surface area contributed by atoms with Gasteiger partial charge in [-0.25, -0.2) is 4.79 Å². The predicted molar refractivity (Wildman–Crippen MR) is 113 cm³/mol. The van der Waals surface area contributed by atoms with Crippen molar-refractivity contribution >= 4 is 43.5 Å². The normalized spacial score (nSPS) is 18.0. The second-order valence-corrected chi connectivity index (χ2v) is 14.2. The minimum atomic E-state index is -1.94. The van der Waals surface area contributed by atoms with Crippen LogP contribution in [0.4, 0.5) is 4.79 Å². The number of H-pyrrole nitrogens is 1. The number of aromatic nitrogens is 1. The lowest BCUT2D eigenvalue weighted by Gasteiger charge is -2.38. The number of nitrogens with zero attached hydrogens (tertiary/aromatic N) is 1. The number of thiazole rings is 1. The third kappa shape index (κ3) is 4.73. The van der Waals surface area contributed by atoms with Crippen molar-refractivity contribution in [3.05, 3.63) is 33.8 Å². The monoisotopic (exact) mass is 412 g/mol. The fourth-order valence-electron chi connectivity index (χ4n) is 2.44. The van der Waals surface area contributed by atoms with E-state index in [1.807, 2.05) is 11.5 Å². The molecule has 0 radical (unpaired) electrons. The molecule has 0 unspecified atom stereocenters. The largest absolute Gasteiger partial charge is 0.445 e. The van der Waals surface area contributed by atoms with Crippen molar-refractivity contribution in [2.45, 2.75) is 44.9 Å². The Kier molecular flexibility index (Phi) is 6.65. The lowest BCUT2D eigenvalue weighted by atomic mass is 10.1. The topological polar surface area (TPSA) is 54.6 Å². The molecule has 1 amide bonds. The van der Waals surface area contributed by atoms with Crippen LogP contribution in [-0.2, 0) is 9.16 Å². The number of amides is 1. The van der Waals surface area contributed by atoms with Crippen molar-refractivity contribution < 1.29 is 14.0 Å². The second kappa shape index (κ2) is 8.20. The molecule has 0 aliphatic carbocycles. The zero-order chi connectivity index (χ0) is 19.5. The highest BCUT2D eigenvalue weighted by Gasteiger charge is 2.40. The summed E-state index contributed by atoms with van der Waals surface area (Å²) in [5.41, 5.74) is 1.98. The lowest BCUT2D eigenvalue weighted by molar-refractivity contribution is 0.100. The first-order valence-electron chi connectivity index (χ1n) is 8.63. The van der Waals surface area contributed by atoms with E-state index in [1.54, 1.807) is 11.0 Å². The number of nitrogens with one attached hydrogen (secondary N) is 1. The highest BCUT2D eigenvalue weighted by Crippen LogP contribution is 2.38. The number of hydrogen-bond donors (Lipinski definition) is 1. The quantitative estimate of drug-likeness (QED) is 0.395. The van der Waals surface area contributed by atoms with Gasteiger partial charge in [-0.3, -0.25) is 4.90 Å². The van der Waals surface area contributed by atoms with Crippen LogP contribution in [0.15, 0.2) is 24.1 Å². The lowest BCUT2D eigenvalue weighted by Crippen LogP contribution is -2.46. The van der Waals surface area contributed by atoms with Crippen LogP contribution in [0.25, 0.3) is 5.57 Å². The van der Waals surface area contributed by atoms with Crippen LogP contribution in [-0.4, -0.2) is 50.1 Å². The SMILES string of the molecule is C=CCOC(=O)N1CC=C(c2csc(=S)[nH]2)[C@@H]1CO[Si](C)(C)C(C)(C)C. The fraction of sp³-hybridized carbons (Fsp3) is 0.556. The van der Waals surface area contributed by atoms with E-state index in [0.29, 0.717) is 13.2 Å². The first-order chi connectivity index (χ1) is 12.1. The number of carbonyl (C=O) groups excluding carboxylic acids is 1. The molecule has 1 atom stereocenters. The minimum absolute atomic E-state index is 0.103. The molecule has 0 aromatic carbocycles. The maximum Gasteiger partial charge on any atom is 0.410 e. The summed E-state index contributed by atoms with van der Waals surface area (Å²) in [4.78, 5) is 17.4. The third-order valence-corrected chi connectivity index (χ3v) is 10.6. The smallest absolute Gasteiger partial charge is 0.410 e. The molecule has 0 spiro atoms. The van der Waals surface area contributed by atoms with Crippen molar-refractivity contribution in [3.8, 4) is 0 Å². The molecule has 1 N–H and O–H groups in total. The number of carbonyl (C=O) groups is 1. The van der Waals surface area contributed by atoms with Crippen LogP contribution in [0.1, 0.15) is 26.5 Å². The molecule has 1 aliphatic rings. The molecule has 0 saturated carbocycles. The van der Waals surface area contributed by atoms with Gasteiger partial charge in [-0.05, 0) is 35.9 Å². The standard InChI is InChI=1S/C18H28N2O3S2Si/c1-7-10-22-17(21)20-9-8-13(14-12-25-16(24)19-14)15(20)11-23-26(5,6)18(2,3)4/h7-8,12,15H,1,9-11H2,2-6H3,(H,19,24)/t15-/m0/s1. The zero-order valence-corrected chi connectivity index (χ0v) is 18.8. The van der Waals surface area contributed by atoms with Gasteiger partial charge in [0.05, 0.1) is 18.3 Å². The van der Waals surface area contributed by atoms with Gasteiger partial charge in [-0.2, -0.15) is 0 Å². The minimum Gasteiger partial charge on any atom is -0.445 e. The number of hydrogen-bond acceptors (Lipinski definition) is 5. The van der Waals surface area contributed by atoms with E-state index >= 15 is 0 Å². The predicted octanol–water partition coefficient (Wildman–Crippen LogP) is 5.22. The maximum absolute atomic E-state index is 12.5. The van der Waals surface area contributed by atoms with Crippen LogP contribution in [0.2, 0.25) is 18.1 Å². The van der Waals surface area contributed by atoms with Crippen molar-refractivity contribution in [2.24, 2.45) is 0 Å². The van der Waals surface area contributed by atoms with Crippen LogP contribution < -0.4 is 0 Å². The van der Waals surface area contributed by atoms with Gasteiger partial charge in [0.15, 0.2) is 12.3 Å². The summed E-state index contributed by atoms with van der Waals surface area (Å²) in [6.07, 6.45) is 3.26. The molecule has 8 heteroatoms. The van der Waals surface area contributed by atoms with E-state index < -0.39 is 8.32 Å². The van der Waals surface area contributed by atoms with E-state index in [1.165, 1.54) is 11.3 Å². The van der Waals surface area contributed by atoms with Crippen LogP contribution in [0, 0.1) is 3.95 Å². The molecule has 0 bridgehead atoms. The average molecular weight is 413 g/mol. The molecule has 5 nitrogen and oxygen atoms in total. The van der Waals surface area contributed by atoms with Gasteiger partial charge in [0.25, 0.3) is 0 Å². The summed E-state index contributed by atoms with van der Waals surface area (Å²) >= 11 is 6.70. The van der Waals surface area contributed by atoms with Gasteiger partial charge in [0.1, 0.15) is 6.61 Å². The molecule has 0 fully saturated rings. The van der Waals surface area contributed by atoms with Crippen LogP contribution in [0.5, 0.6) is 0 Å². The van der Waals surface area contributed by atoms with Crippen molar-refractivity contribution in [1.29, 1.82) is 0 Å². The fourth-order valence-corrected chi connectivity index (χ4v) is 4.29. The van der Waals surface area contributed by atoms with Gasteiger partial charge >= 0.3 is 6.09 Å². The van der Waals surface area contributed by atoms with Crippen LogP contribution >= 0.6 is 23.6 Å². The van der Waals surface area contributed by atoms with Crippen molar-refractivity contribution in [3.63, 3.8) is 0 Å². The Morgan fingerprint density at radius 3 is 2.77 bits per heavy atom. The Balaban J connectivity index is 2.22. The Labute approximate surface area is 165 Å². The first kappa shape index (κ1) is 21.1. The highest BCUT2D eigenvalue weighted by atomic mass is 32.1.